The van der Waals surface area contributed by atoms with Crippen molar-refractivity contribution in [1.82, 2.24) is 5.32 Å². The Bertz CT molecular complexity index is 284. The molecule has 1 aliphatic heterocycles. The predicted octanol–water partition coefficient (Wildman–Crippen LogP) is 1.07. The molecule has 0 saturated carbocycles. The van der Waals surface area contributed by atoms with Crippen molar-refractivity contribution in [2.75, 3.05) is 24.5 Å². The quantitative estimate of drug-likeness (QED) is 0.729. The van der Waals surface area contributed by atoms with Gasteiger partial charge in [-0.15, -0.1) is 11.3 Å². The summed E-state index contributed by atoms with van der Waals surface area (Å²) in [5, 5.41) is 6.17. The van der Waals surface area contributed by atoms with E-state index in [1.807, 2.05) is 22.4 Å². The van der Waals surface area contributed by atoms with E-state index in [0.29, 0.717) is 6.54 Å². The van der Waals surface area contributed by atoms with E-state index in [1.165, 1.54) is 0 Å². The summed E-state index contributed by atoms with van der Waals surface area (Å²) in [4.78, 5) is 13.4. The molecule has 4 heteroatoms. The largest absolute Gasteiger partial charge is 0.308 e. The Labute approximate surface area is 81.4 Å². The molecule has 0 radical (unpaired) electrons. The number of hydrogen-bond acceptors (Lipinski definition) is 3. The van der Waals surface area contributed by atoms with Crippen LogP contribution in [0.25, 0.3) is 0 Å². The third kappa shape index (κ3) is 1.89. The summed E-state index contributed by atoms with van der Waals surface area (Å²) in [6.07, 6.45) is 1.03. The van der Waals surface area contributed by atoms with Gasteiger partial charge in [0.1, 0.15) is 0 Å². The third-order valence-corrected chi connectivity index (χ3v) is 2.98. The van der Waals surface area contributed by atoms with Gasteiger partial charge in [0.05, 0.1) is 11.5 Å². The van der Waals surface area contributed by atoms with E-state index < -0.39 is 0 Å². The molecule has 2 rings (SSSR count). The number of thiophene rings is 1. The zero-order valence-corrected chi connectivity index (χ0v) is 8.14. The highest BCUT2D eigenvalue weighted by molar-refractivity contribution is 7.14. The molecule has 0 atom stereocenters. The second-order valence-corrected chi connectivity index (χ2v) is 3.95. The Hall–Kier alpha value is -0.870. The van der Waals surface area contributed by atoms with E-state index in [9.17, 15) is 4.79 Å². The van der Waals surface area contributed by atoms with Crippen molar-refractivity contribution in [3.05, 3.63) is 17.5 Å². The monoisotopic (exact) mass is 196 g/mol. The van der Waals surface area contributed by atoms with Gasteiger partial charge in [0.15, 0.2) is 0 Å². The van der Waals surface area contributed by atoms with Crippen LogP contribution in [-0.4, -0.2) is 25.5 Å². The molecule has 2 heterocycles. The molecule has 1 fully saturated rings. The van der Waals surface area contributed by atoms with Gasteiger partial charge in [-0.1, -0.05) is 0 Å². The highest BCUT2D eigenvalue weighted by Gasteiger charge is 2.17. The maximum absolute atomic E-state index is 11.6. The molecular formula is C9H12N2OS. The van der Waals surface area contributed by atoms with E-state index in [1.54, 1.807) is 11.3 Å². The van der Waals surface area contributed by atoms with Crippen molar-refractivity contribution >= 4 is 22.2 Å². The Morgan fingerprint density at radius 3 is 3.23 bits per heavy atom. The second-order valence-electron chi connectivity index (χ2n) is 3.03. The Morgan fingerprint density at radius 1 is 1.54 bits per heavy atom. The van der Waals surface area contributed by atoms with Gasteiger partial charge >= 0.3 is 0 Å². The number of carbonyl (C=O) groups is 1. The Kier molecular flexibility index (Phi) is 2.61. The van der Waals surface area contributed by atoms with Crippen molar-refractivity contribution in [3.8, 4) is 0 Å². The Balaban J connectivity index is 2.16. The fourth-order valence-corrected chi connectivity index (χ4v) is 2.21. The van der Waals surface area contributed by atoms with E-state index in [-0.39, 0.29) is 5.91 Å². The second kappa shape index (κ2) is 3.89. The van der Waals surface area contributed by atoms with Crippen LogP contribution >= 0.6 is 11.3 Å². The first-order valence-corrected chi connectivity index (χ1v) is 5.30. The van der Waals surface area contributed by atoms with Crippen LogP contribution in [0, 0.1) is 0 Å². The predicted molar refractivity (Wildman–Crippen MR) is 54.2 cm³/mol. The molecule has 1 aliphatic rings. The fourth-order valence-electron chi connectivity index (χ4n) is 1.43. The SMILES string of the molecule is O=C1CNCCCN1c1cccs1. The molecule has 0 aliphatic carbocycles. The van der Waals surface area contributed by atoms with E-state index in [2.05, 4.69) is 5.32 Å². The van der Waals surface area contributed by atoms with E-state index in [0.717, 1.165) is 24.5 Å². The minimum atomic E-state index is 0.181. The first kappa shape index (κ1) is 8.72. The number of nitrogens with one attached hydrogen (secondary N) is 1. The maximum atomic E-state index is 11.6. The topological polar surface area (TPSA) is 32.3 Å². The van der Waals surface area contributed by atoms with Gasteiger partial charge in [-0.2, -0.15) is 0 Å². The number of nitrogens with zero attached hydrogens (tertiary/aromatic N) is 1. The average Bonchev–Trinajstić information content (AvgIpc) is 2.56. The molecule has 70 valence electrons. The first-order valence-electron chi connectivity index (χ1n) is 4.42. The van der Waals surface area contributed by atoms with Crippen LogP contribution < -0.4 is 10.2 Å². The molecule has 3 nitrogen and oxygen atoms in total. The lowest BCUT2D eigenvalue weighted by Gasteiger charge is -2.17. The van der Waals surface area contributed by atoms with Crippen LogP contribution in [0.3, 0.4) is 0 Å². The summed E-state index contributed by atoms with van der Waals surface area (Å²) in [6.45, 7) is 2.25. The standard InChI is InChI=1S/C9H12N2OS/c12-8-7-10-4-2-5-11(8)9-3-1-6-13-9/h1,3,6,10H,2,4-5,7H2. The molecule has 0 unspecified atom stereocenters. The zero-order valence-electron chi connectivity index (χ0n) is 7.32. The van der Waals surface area contributed by atoms with Crippen molar-refractivity contribution < 1.29 is 4.79 Å². The summed E-state index contributed by atoms with van der Waals surface area (Å²) in [5.74, 6) is 0.181. The molecule has 0 spiro atoms. The maximum Gasteiger partial charge on any atom is 0.241 e. The summed E-state index contributed by atoms with van der Waals surface area (Å²) in [5.41, 5.74) is 0. The minimum Gasteiger partial charge on any atom is -0.308 e. The van der Waals surface area contributed by atoms with Gasteiger partial charge < -0.3 is 10.2 Å². The van der Waals surface area contributed by atoms with Crippen LogP contribution in [-0.2, 0) is 4.79 Å². The van der Waals surface area contributed by atoms with E-state index >= 15 is 0 Å². The molecular weight excluding hydrogens is 184 g/mol. The molecule has 0 bridgehead atoms. The lowest BCUT2D eigenvalue weighted by Crippen LogP contribution is -2.34. The van der Waals surface area contributed by atoms with Gasteiger partial charge in [0.25, 0.3) is 0 Å². The number of anilines is 1. The van der Waals surface area contributed by atoms with Crippen LogP contribution in [0.1, 0.15) is 6.42 Å². The normalized spacial score (nSPS) is 18.8. The summed E-state index contributed by atoms with van der Waals surface area (Å²) in [6, 6.07) is 3.97. The van der Waals surface area contributed by atoms with Gasteiger partial charge in [0, 0.05) is 6.54 Å². The smallest absolute Gasteiger partial charge is 0.241 e. The average molecular weight is 196 g/mol. The molecule has 1 amide bonds. The molecule has 0 aromatic carbocycles. The van der Waals surface area contributed by atoms with Gasteiger partial charge in [0.2, 0.25) is 5.91 Å². The number of rotatable bonds is 1. The molecule has 13 heavy (non-hydrogen) atoms. The highest BCUT2D eigenvalue weighted by atomic mass is 32.1. The van der Waals surface area contributed by atoms with Crippen molar-refractivity contribution in [2.24, 2.45) is 0 Å². The minimum absolute atomic E-state index is 0.181. The Morgan fingerprint density at radius 2 is 2.46 bits per heavy atom. The molecule has 1 saturated heterocycles. The van der Waals surface area contributed by atoms with Gasteiger partial charge in [-0.3, -0.25) is 4.79 Å². The summed E-state index contributed by atoms with van der Waals surface area (Å²) >= 11 is 1.62. The van der Waals surface area contributed by atoms with Crippen molar-refractivity contribution in [2.45, 2.75) is 6.42 Å². The molecule has 1 aromatic heterocycles. The van der Waals surface area contributed by atoms with Crippen LogP contribution in [0.4, 0.5) is 5.00 Å². The van der Waals surface area contributed by atoms with Crippen molar-refractivity contribution in [3.63, 3.8) is 0 Å². The summed E-state index contributed by atoms with van der Waals surface area (Å²) in [7, 11) is 0. The van der Waals surface area contributed by atoms with Gasteiger partial charge in [-0.05, 0) is 30.5 Å². The zero-order chi connectivity index (χ0) is 9.10. The lowest BCUT2D eigenvalue weighted by molar-refractivity contribution is -0.117. The lowest BCUT2D eigenvalue weighted by atomic mass is 10.4. The highest BCUT2D eigenvalue weighted by Crippen LogP contribution is 2.21. The van der Waals surface area contributed by atoms with Gasteiger partial charge in [-0.25, -0.2) is 0 Å². The molecule has 1 aromatic rings. The molecule has 1 N–H and O–H groups in total. The first-order chi connectivity index (χ1) is 6.38. The van der Waals surface area contributed by atoms with Crippen LogP contribution in [0.5, 0.6) is 0 Å². The third-order valence-electron chi connectivity index (χ3n) is 2.08. The fraction of sp³-hybridized carbons (Fsp3) is 0.444. The van der Waals surface area contributed by atoms with Crippen molar-refractivity contribution in [1.29, 1.82) is 0 Å². The van der Waals surface area contributed by atoms with Crippen LogP contribution in [0.2, 0.25) is 0 Å². The number of carbonyl (C=O) groups excluding carboxylic acids is 1. The van der Waals surface area contributed by atoms with E-state index in [4.69, 9.17) is 0 Å². The number of hydrogen-bond donors (Lipinski definition) is 1. The number of amides is 1. The van der Waals surface area contributed by atoms with Crippen LogP contribution in [0.15, 0.2) is 17.5 Å². The summed E-state index contributed by atoms with van der Waals surface area (Å²) < 4.78 is 0.